The van der Waals surface area contributed by atoms with Crippen molar-refractivity contribution < 1.29 is 27.9 Å². The van der Waals surface area contributed by atoms with Gasteiger partial charge in [0.1, 0.15) is 0 Å². The molecule has 0 aromatic heterocycles. The number of rotatable bonds is 5. The van der Waals surface area contributed by atoms with E-state index < -0.39 is 28.1 Å². The molecule has 2 aromatic rings. The summed E-state index contributed by atoms with van der Waals surface area (Å²) in [6.07, 6.45) is -3.23. The molecule has 0 fully saturated rings. The number of aromatic hydroxyl groups is 1. The minimum absolute atomic E-state index is 0.106. The zero-order valence-corrected chi connectivity index (χ0v) is 12.7. The zero-order chi connectivity index (χ0) is 18.6. The third kappa shape index (κ3) is 4.37. The molecule has 0 unspecified atom stereocenters. The summed E-state index contributed by atoms with van der Waals surface area (Å²) in [4.78, 5) is 10.1. The molecule has 0 aliphatic carbocycles. The van der Waals surface area contributed by atoms with Crippen molar-refractivity contribution in [2.24, 2.45) is 5.10 Å². The number of benzene rings is 2. The van der Waals surface area contributed by atoms with E-state index in [0.29, 0.717) is 5.69 Å². The van der Waals surface area contributed by atoms with Gasteiger partial charge >= 0.3 is 11.9 Å². The van der Waals surface area contributed by atoms with Gasteiger partial charge in [-0.2, -0.15) is 18.3 Å². The maximum absolute atomic E-state index is 12.5. The van der Waals surface area contributed by atoms with Crippen LogP contribution < -0.4 is 10.2 Å². The first-order valence-corrected chi connectivity index (χ1v) is 6.74. The van der Waals surface area contributed by atoms with Gasteiger partial charge in [-0.05, 0) is 30.3 Å². The fourth-order valence-corrected chi connectivity index (χ4v) is 1.90. The number of hydrazone groups is 1. The topological polar surface area (TPSA) is 97.0 Å². The summed E-state index contributed by atoms with van der Waals surface area (Å²) in [6, 6.07) is 6.58. The van der Waals surface area contributed by atoms with Gasteiger partial charge in [-0.1, -0.05) is 0 Å². The van der Waals surface area contributed by atoms with Crippen LogP contribution in [-0.2, 0) is 6.18 Å². The Labute approximate surface area is 139 Å². The van der Waals surface area contributed by atoms with Crippen LogP contribution in [0.25, 0.3) is 0 Å². The van der Waals surface area contributed by atoms with Gasteiger partial charge in [0, 0.05) is 11.6 Å². The highest BCUT2D eigenvalue weighted by molar-refractivity contribution is 5.83. The molecule has 0 aliphatic rings. The Bertz CT molecular complexity index is 805. The Morgan fingerprint density at radius 1 is 1.28 bits per heavy atom. The van der Waals surface area contributed by atoms with Crippen LogP contribution in [0.15, 0.2) is 41.5 Å². The minimum Gasteiger partial charge on any atom is -0.500 e. The summed E-state index contributed by atoms with van der Waals surface area (Å²) < 4.78 is 42.2. The van der Waals surface area contributed by atoms with Gasteiger partial charge in [-0.3, -0.25) is 15.5 Å². The van der Waals surface area contributed by atoms with Crippen LogP contribution in [0.3, 0.4) is 0 Å². The summed E-state index contributed by atoms with van der Waals surface area (Å²) in [7, 11) is 1.24. The van der Waals surface area contributed by atoms with Gasteiger partial charge in [-0.25, -0.2) is 0 Å². The van der Waals surface area contributed by atoms with Crippen molar-refractivity contribution in [1.82, 2.24) is 0 Å². The molecular weight excluding hydrogens is 343 g/mol. The van der Waals surface area contributed by atoms with E-state index in [-0.39, 0.29) is 11.3 Å². The Hall–Kier alpha value is -3.30. The quantitative estimate of drug-likeness (QED) is 0.483. The molecule has 25 heavy (non-hydrogen) atoms. The predicted octanol–water partition coefficient (Wildman–Crippen LogP) is 3.77. The molecule has 2 rings (SSSR count). The maximum Gasteiger partial charge on any atom is 0.416 e. The van der Waals surface area contributed by atoms with E-state index in [1.165, 1.54) is 31.5 Å². The summed E-state index contributed by atoms with van der Waals surface area (Å²) in [6.45, 7) is 0. The van der Waals surface area contributed by atoms with Gasteiger partial charge in [0.2, 0.25) is 5.75 Å². The van der Waals surface area contributed by atoms with Crippen LogP contribution in [-0.4, -0.2) is 23.4 Å². The molecule has 0 aliphatic heterocycles. The number of methoxy groups -OCH3 is 1. The summed E-state index contributed by atoms with van der Waals surface area (Å²) in [5.41, 5.74) is 1.70. The number of ether oxygens (including phenoxy) is 1. The molecular formula is C15H12F3N3O4. The summed E-state index contributed by atoms with van der Waals surface area (Å²) in [5, 5.41) is 24.3. The van der Waals surface area contributed by atoms with E-state index in [0.717, 1.165) is 18.2 Å². The maximum atomic E-state index is 12.5. The van der Waals surface area contributed by atoms with Gasteiger partial charge in [0.25, 0.3) is 0 Å². The van der Waals surface area contributed by atoms with E-state index >= 15 is 0 Å². The van der Waals surface area contributed by atoms with Crippen molar-refractivity contribution in [3.63, 3.8) is 0 Å². The minimum atomic E-state index is -4.43. The van der Waals surface area contributed by atoms with E-state index in [9.17, 15) is 28.4 Å². The molecule has 0 spiro atoms. The van der Waals surface area contributed by atoms with Gasteiger partial charge in [-0.15, -0.1) is 0 Å². The molecule has 7 nitrogen and oxygen atoms in total. The highest BCUT2D eigenvalue weighted by Crippen LogP contribution is 2.36. The Morgan fingerprint density at radius 3 is 2.44 bits per heavy atom. The van der Waals surface area contributed by atoms with Crippen LogP contribution >= 0.6 is 0 Å². The van der Waals surface area contributed by atoms with Gasteiger partial charge in [0.05, 0.1) is 29.5 Å². The van der Waals surface area contributed by atoms with Crippen molar-refractivity contribution in [2.45, 2.75) is 6.18 Å². The standard InChI is InChI=1S/C15H12F3N3O4/c1-25-13-7-9(6-12(14(13)22)21(23)24)8-19-20-11-4-2-10(3-5-11)15(16,17)18/h2-8,20,22H,1H3. The van der Waals surface area contributed by atoms with Crippen molar-refractivity contribution in [3.05, 3.63) is 57.6 Å². The molecule has 10 heteroatoms. The normalized spacial score (nSPS) is 11.5. The number of nitro benzene ring substituents is 1. The van der Waals surface area contributed by atoms with Crippen LogP contribution in [0.2, 0.25) is 0 Å². The molecule has 0 saturated heterocycles. The number of hydrogen-bond donors (Lipinski definition) is 2. The molecule has 0 atom stereocenters. The SMILES string of the molecule is COc1cc(C=NNc2ccc(C(F)(F)F)cc2)cc([N+](=O)[O-])c1O. The summed E-state index contributed by atoms with van der Waals surface area (Å²) >= 11 is 0. The second-order valence-corrected chi connectivity index (χ2v) is 4.79. The first-order chi connectivity index (χ1) is 11.7. The molecule has 132 valence electrons. The average molecular weight is 355 g/mol. The third-order valence-electron chi connectivity index (χ3n) is 3.11. The Kier molecular flexibility index (Phi) is 5.11. The first-order valence-electron chi connectivity index (χ1n) is 6.74. The monoisotopic (exact) mass is 355 g/mol. The second-order valence-electron chi connectivity index (χ2n) is 4.79. The lowest BCUT2D eigenvalue weighted by atomic mass is 10.2. The average Bonchev–Trinajstić information content (AvgIpc) is 2.55. The number of nitro groups is 1. The highest BCUT2D eigenvalue weighted by Gasteiger charge is 2.29. The number of alkyl halides is 3. The van der Waals surface area contributed by atoms with Gasteiger partial charge < -0.3 is 9.84 Å². The number of nitrogens with one attached hydrogen (secondary N) is 1. The Morgan fingerprint density at radius 2 is 1.92 bits per heavy atom. The molecule has 0 amide bonds. The number of nitrogens with zero attached hydrogens (tertiary/aromatic N) is 2. The second kappa shape index (κ2) is 7.07. The fourth-order valence-electron chi connectivity index (χ4n) is 1.90. The van der Waals surface area contributed by atoms with Crippen molar-refractivity contribution >= 4 is 17.6 Å². The lowest BCUT2D eigenvalue weighted by Gasteiger charge is -2.07. The molecule has 0 saturated carbocycles. The lowest BCUT2D eigenvalue weighted by Crippen LogP contribution is -2.04. The Balaban J connectivity index is 2.17. The smallest absolute Gasteiger partial charge is 0.416 e. The predicted molar refractivity (Wildman–Crippen MR) is 84.0 cm³/mol. The number of phenols is 1. The zero-order valence-electron chi connectivity index (χ0n) is 12.7. The molecule has 0 radical (unpaired) electrons. The van der Waals surface area contributed by atoms with E-state index in [1.807, 2.05) is 0 Å². The van der Waals surface area contributed by atoms with Crippen molar-refractivity contribution in [1.29, 1.82) is 0 Å². The van der Waals surface area contributed by atoms with E-state index in [1.54, 1.807) is 0 Å². The van der Waals surface area contributed by atoms with E-state index in [2.05, 4.69) is 10.5 Å². The molecule has 2 aromatic carbocycles. The highest BCUT2D eigenvalue weighted by atomic mass is 19.4. The van der Waals surface area contributed by atoms with Crippen molar-refractivity contribution in [2.75, 3.05) is 12.5 Å². The first kappa shape index (κ1) is 18.0. The summed E-state index contributed by atoms with van der Waals surface area (Å²) in [5.74, 6) is -0.717. The third-order valence-corrected chi connectivity index (χ3v) is 3.11. The van der Waals surface area contributed by atoms with Crippen molar-refractivity contribution in [3.8, 4) is 11.5 Å². The lowest BCUT2D eigenvalue weighted by molar-refractivity contribution is -0.386. The number of phenolic OH excluding ortho intramolecular Hbond substituents is 1. The van der Waals surface area contributed by atoms with Crippen LogP contribution in [0, 0.1) is 10.1 Å². The van der Waals surface area contributed by atoms with Crippen LogP contribution in [0.1, 0.15) is 11.1 Å². The molecule has 0 bridgehead atoms. The van der Waals surface area contributed by atoms with Gasteiger partial charge in [0.15, 0.2) is 5.75 Å². The van der Waals surface area contributed by atoms with E-state index in [4.69, 9.17) is 4.74 Å². The van der Waals surface area contributed by atoms with Crippen LogP contribution in [0.5, 0.6) is 11.5 Å². The van der Waals surface area contributed by atoms with Crippen LogP contribution in [0.4, 0.5) is 24.5 Å². The number of hydrogen-bond acceptors (Lipinski definition) is 6. The molecule has 2 N–H and O–H groups in total. The number of halogens is 3. The largest absolute Gasteiger partial charge is 0.500 e. The molecule has 0 heterocycles. The fraction of sp³-hybridized carbons (Fsp3) is 0.133. The number of anilines is 1.